The average Bonchev–Trinajstić information content (AvgIpc) is 2.45. The van der Waals surface area contributed by atoms with Crippen LogP contribution in [0, 0.1) is 0 Å². The summed E-state index contributed by atoms with van der Waals surface area (Å²) in [5, 5.41) is 8.08. The molecule has 7 nitrogen and oxygen atoms in total. The first-order chi connectivity index (χ1) is 11.1. The van der Waals surface area contributed by atoms with Crippen LogP contribution in [0.25, 0.3) is 0 Å². The van der Waals surface area contributed by atoms with Crippen LogP contribution in [-0.2, 0) is 20.0 Å². The number of primary sulfonamides is 1. The summed E-state index contributed by atoms with van der Waals surface area (Å²) in [6.45, 7) is 5.58. The van der Waals surface area contributed by atoms with Gasteiger partial charge in [-0.1, -0.05) is 24.6 Å². The van der Waals surface area contributed by atoms with E-state index in [1.54, 1.807) is 13.0 Å². The maximum Gasteiger partial charge on any atom is 0.246 e. The van der Waals surface area contributed by atoms with Crippen LogP contribution < -0.4 is 10.5 Å². The highest BCUT2D eigenvalue weighted by Crippen LogP contribution is 2.37. The van der Waals surface area contributed by atoms with Gasteiger partial charge in [-0.25, -0.2) is 22.0 Å². The first-order valence-corrected chi connectivity index (χ1v) is 11.5. The molecule has 0 bridgehead atoms. The van der Waals surface area contributed by atoms with E-state index in [0.29, 0.717) is 11.5 Å². The van der Waals surface area contributed by atoms with Gasteiger partial charge >= 0.3 is 0 Å². The monoisotopic (exact) mass is 411 g/mol. The molecule has 0 fully saturated rings. The summed E-state index contributed by atoms with van der Waals surface area (Å²) >= 11 is 7.49. The van der Waals surface area contributed by atoms with E-state index in [2.05, 4.69) is 11.9 Å². The van der Waals surface area contributed by atoms with Crippen molar-refractivity contribution in [3.05, 3.63) is 29.8 Å². The molecule has 0 amide bonds. The van der Waals surface area contributed by atoms with Crippen LogP contribution in [0.3, 0.4) is 0 Å². The third-order valence-corrected chi connectivity index (χ3v) is 7.84. The number of hydrogen-bond acceptors (Lipinski definition) is 6. The molecular formula is C13H18ClN3O4S3. The molecule has 0 aliphatic carbocycles. The molecule has 1 aliphatic rings. The van der Waals surface area contributed by atoms with Crippen LogP contribution in [-0.4, -0.2) is 45.4 Å². The maximum atomic E-state index is 12.8. The number of rotatable bonds is 6. The highest BCUT2D eigenvalue weighted by molar-refractivity contribution is 7.99. The molecule has 0 saturated carbocycles. The van der Waals surface area contributed by atoms with Crippen LogP contribution in [0.15, 0.2) is 34.6 Å². The summed E-state index contributed by atoms with van der Waals surface area (Å²) in [7, 11) is -8.00. The van der Waals surface area contributed by atoms with Crippen LogP contribution in [0.4, 0.5) is 5.69 Å². The third kappa shape index (κ3) is 3.73. The fourth-order valence-electron chi connectivity index (χ4n) is 2.40. The van der Waals surface area contributed by atoms with Gasteiger partial charge in [0.15, 0.2) is 0 Å². The number of fused-ring (bicyclic) bond motifs is 1. The molecule has 1 aliphatic heterocycles. The summed E-state index contributed by atoms with van der Waals surface area (Å²) in [5.74, 6) is 1.20. The highest BCUT2D eigenvalue weighted by atomic mass is 35.5. The van der Waals surface area contributed by atoms with Gasteiger partial charge in [0.25, 0.3) is 0 Å². The zero-order chi connectivity index (χ0) is 18.1. The number of sulfonamides is 2. The maximum absolute atomic E-state index is 12.8. The zero-order valence-electron chi connectivity index (χ0n) is 12.9. The van der Waals surface area contributed by atoms with E-state index < -0.39 is 31.1 Å². The van der Waals surface area contributed by atoms with Crippen molar-refractivity contribution in [1.29, 1.82) is 0 Å². The van der Waals surface area contributed by atoms with E-state index >= 15 is 0 Å². The van der Waals surface area contributed by atoms with Crippen LogP contribution in [0.5, 0.6) is 0 Å². The molecule has 0 aromatic heterocycles. The zero-order valence-corrected chi connectivity index (χ0v) is 16.1. The SMILES string of the molecule is C=CCSCC1Nc2cc(Cl)c(S(N)(=O)=O)cc2S(=O)(=O)N1CC. The second kappa shape index (κ2) is 7.22. The van der Waals surface area contributed by atoms with Crippen molar-refractivity contribution in [3.63, 3.8) is 0 Å². The van der Waals surface area contributed by atoms with Gasteiger partial charge in [-0.3, -0.25) is 0 Å². The molecule has 134 valence electrons. The molecule has 0 radical (unpaired) electrons. The number of benzene rings is 1. The quantitative estimate of drug-likeness (QED) is 0.544. The molecule has 0 saturated heterocycles. The molecule has 2 rings (SSSR count). The van der Waals surface area contributed by atoms with E-state index in [0.717, 1.165) is 6.07 Å². The first-order valence-electron chi connectivity index (χ1n) is 6.96. The Morgan fingerprint density at radius 1 is 1.50 bits per heavy atom. The van der Waals surface area contributed by atoms with E-state index in [-0.39, 0.29) is 22.2 Å². The van der Waals surface area contributed by atoms with Gasteiger partial charge < -0.3 is 5.32 Å². The van der Waals surface area contributed by atoms with Gasteiger partial charge in [-0.15, -0.1) is 6.58 Å². The predicted octanol–water partition coefficient (Wildman–Crippen LogP) is 1.67. The largest absolute Gasteiger partial charge is 0.367 e. The molecule has 24 heavy (non-hydrogen) atoms. The second-order valence-corrected chi connectivity index (χ2v) is 9.89. The summed E-state index contributed by atoms with van der Waals surface area (Å²) < 4.78 is 50.2. The van der Waals surface area contributed by atoms with Crippen molar-refractivity contribution in [3.8, 4) is 0 Å². The minimum Gasteiger partial charge on any atom is -0.367 e. The molecule has 1 aromatic rings. The summed E-state index contributed by atoms with van der Waals surface area (Å²) in [4.78, 5) is -0.563. The molecule has 1 unspecified atom stereocenters. The Bertz CT molecular complexity index is 855. The molecule has 1 aromatic carbocycles. The van der Waals surface area contributed by atoms with Crippen LogP contribution >= 0.6 is 23.4 Å². The Hall–Kier alpha value is -0.780. The minimum absolute atomic E-state index is 0.124. The van der Waals surface area contributed by atoms with Crippen molar-refractivity contribution in [2.24, 2.45) is 5.14 Å². The van der Waals surface area contributed by atoms with Gasteiger partial charge in [0.2, 0.25) is 20.0 Å². The second-order valence-electron chi connectivity index (χ2n) is 5.02. The van der Waals surface area contributed by atoms with Crippen molar-refractivity contribution in [1.82, 2.24) is 4.31 Å². The van der Waals surface area contributed by atoms with Gasteiger partial charge in [0, 0.05) is 18.1 Å². The summed E-state index contributed by atoms with van der Waals surface area (Å²) in [5.41, 5.74) is 0.265. The Morgan fingerprint density at radius 2 is 2.17 bits per heavy atom. The van der Waals surface area contributed by atoms with Gasteiger partial charge in [0.1, 0.15) is 16.0 Å². The Kier molecular flexibility index (Phi) is 5.88. The minimum atomic E-state index is -4.13. The molecular weight excluding hydrogens is 394 g/mol. The van der Waals surface area contributed by atoms with E-state index in [4.69, 9.17) is 16.7 Å². The smallest absolute Gasteiger partial charge is 0.246 e. The van der Waals surface area contributed by atoms with E-state index in [1.165, 1.54) is 22.1 Å². The lowest BCUT2D eigenvalue weighted by Crippen LogP contribution is -2.49. The number of halogens is 1. The fourth-order valence-corrected chi connectivity index (χ4v) is 6.18. The predicted molar refractivity (Wildman–Crippen MR) is 97.3 cm³/mol. The summed E-state index contributed by atoms with van der Waals surface area (Å²) in [6.07, 6.45) is 1.27. The Balaban J connectivity index is 2.55. The Labute approximate surface area is 151 Å². The molecule has 1 atom stereocenters. The molecule has 0 spiro atoms. The standard InChI is InChI=1S/C13H18ClN3O4S3/c1-3-5-22-8-13-16-10-6-9(14)11(23(15,18)19)7-12(10)24(20,21)17(13)4-2/h3,6-7,13,16H,1,4-5,8H2,2H3,(H2,15,18,19). The van der Waals surface area contributed by atoms with Gasteiger partial charge in [-0.05, 0) is 12.1 Å². The number of hydrogen-bond donors (Lipinski definition) is 2. The number of nitrogens with two attached hydrogens (primary N) is 1. The molecule has 3 N–H and O–H groups in total. The summed E-state index contributed by atoms with van der Waals surface area (Å²) in [6, 6.07) is 2.29. The third-order valence-electron chi connectivity index (χ3n) is 3.42. The first kappa shape index (κ1) is 19.5. The molecule has 11 heteroatoms. The van der Waals surface area contributed by atoms with Crippen LogP contribution in [0.2, 0.25) is 5.02 Å². The number of nitrogens with one attached hydrogen (secondary N) is 1. The topological polar surface area (TPSA) is 110 Å². The number of anilines is 1. The number of nitrogens with zero attached hydrogens (tertiary/aromatic N) is 1. The molecule has 1 heterocycles. The van der Waals surface area contributed by atoms with Crippen molar-refractivity contribution in [2.45, 2.75) is 22.9 Å². The Morgan fingerprint density at radius 3 is 2.71 bits per heavy atom. The van der Waals surface area contributed by atoms with E-state index in [1.807, 2.05) is 0 Å². The van der Waals surface area contributed by atoms with Gasteiger partial charge in [-0.2, -0.15) is 16.1 Å². The fraction of sp³-hybridized carbons (Fsp3) is 0.385. The van der Waals surface area contributed by atoms with Crippen molar-refractivity contribution < 1.29 is 16.8 Å². The van der Waals surface area contributed by atoms with Crippen LogP contribution in [0.1, 0.15) is 6.92 Å². The lowest BCUT2D eigenvalue weighted by molar-refractivity contribution is 0.372. The highest BCUT2D eigenvalue weighted by Gasteiger charge is 2.38. The van der Waals surface area contributed by atoms with Gasteiger partial charge in [0.05, 0.1) is 10.7 Å². The van der Waals surface area contributed by atoms with E-state index in [9.17, 15) is 16.8 Å². The lowest BCUT2D eigenvalue weighted by atomic mass is 10.3. The number of thioether (sulfide) groups is 1. The average molecular weight is 412 g/mol. The van der Waals surface area contributed by atoms with Crippen molar-refractivity contribution in [2.75, 3.05) is 23.4 Å². The normalized spacial score (nSPS) is 20.2. The lowest BCUT2D eigenvalue weighted by Gasteiger charge is -2.36. The van der Waals surface area contributed by atoms with Crippen molar-refractivity contribution >= 4 is 49.1 Å².